The van der Waals surface area contributed by atoms with Crippen molar-refractivity contribution in [2.45, 2.75) is 30.2 Å². The molecule has 3 rings (SSSR count). The third-order valence-electron chi connectivity index (χ3n) is 4.18. The maximum Gasteiger partial charge on any atom is 0.119 e. The van der Waals surface area contributed by atoms with Crippen LogP contribution in [0.2, 0.25) is 0 Å². The van der Waals surface area contributed by atoms with Crippen LogP contribution < -0.4 is 10.1 Å². The number of benzene rings is 1. The van der Waals surface area contributed by atoms with Gasteiger partial charge in [-0.15, -0.1) is 11.8 Å². The van der Waals surface area contributed by atoms with Crippen LogP contribution in [0.25, 0.3) is 0 Å². The lowest BCUT2D eigenvalue weighted by Gasteiger charge is -2.20. The normalized spacial score (nSPS) is 17.8. The van der Waals surface area contributed by atoms with Gasteiger partial charge in [0.15, 0.2) is 0 Å². The van der Waals surface area contributed by atoms with Crippen molar-refractivity contribution in [2.75, 3.05) is 19.4 Å². The van der Waals surface area contributed by atoms with Crippen molar-refractivity contribution in [2.24, 2.45) is 7.05 Å². The zero-order valence-electron chi connectivity index (χ0n) is 13.2. The molecule has 1 aromatic heterocycles. The average Bonchev–Trinajstić information content (AvgIpc) is 2.83. The minimum Gasteiger partial charge on any atom is -0.497 e. The Kier molecular flexibility index (Phi) is 5.05. The molecule has 1 N–H and O–H groups in total. The summed E-state index contributed by atoms with van der Waals surface area (Å²) in [4.78, 5) is 1.39. The smallest absolute Gasteiger partial charge is 0.119 e. The van der Waals surface area contributed by atoms with Gasteiger partial charge in [0.2, 0.25) is 0 Å². The molecule has 5 heteroatoms. The van der Waals surface area contributed by atoms with Crippen LogP contribution in [0.1, 0.15) is 30.1 Å². The van der Waals surface area contributed by atoms with E-state index < -0.39 is 0 Å². The highest BCUT2D eigenvalue weighted by molar-refractivity contribution is 7.99. The number of fused-ring (bicyclic) bond motifs is 1. The van der Waals surface area contributed by atoms with E-state index >= 15 is 0 Å². The number of hydrogen-bond acceptors (Lipinski definition) is 4. The number of aromatic nitrogens is 2. The van der Waals surface area contributed by atoms with Crippen LogP contribution in [0, 0.1) is 0 Å². The highest BCUT2D eigenvalue weighted by Crippen LogP contribution is 2.36. The molecule has 0 aliphatic carbocycles. The van der Waals surface area contributed by atoms with E-state index in [1.807, 2.05) is 29.7 Å². The first-order chi connectivity index (χ1) is 10.8. The Hall–Kier alpha value is -1.46. The second-order valence-corrected chi connectivity index (χ2v) is 6.73. The first kappa shape index (κ1) is 15.4. The van der Waals surface area contributed by atoms with Crippen molar-refractivity contribution in [1.82, 2.24) is 15.1 Å². The van der Waals surface area contributed by atoms with Crippen molar-refractivity contribution in [3.05, 3.63) is 41.7 Å². The molecule has 0 radical (unpaired) electrons. The highest BCUT2D eigenvalue weighted by atomic mass is 32.2. The van der Waals surface area contributed by atoms with Gasteiger partial charge in [-0.3, -0.25) is 4.68 Å². The number of thioether (sulfide) groups is 1. The summed E-state index contributed by atoms with van der Waals surface area (Å²) in [6.07, 6.45) is 5.28. The summed E-state index contributed by atoms with van der Waals surface area (Å²) < 4.78 is 7.35. The van der Waals surface area contributed by atoms with Crippen LogP contribution in [0.5, 0.6) is 5.75 Å². The Balaban J connectivity index is 1.69. The largest absolute Gasteiger partial charge is 0.497 e. The molecule has 1 atom stereocenters. The first-order valence-corrected chi connectivity index (χ1v) is 8.77. The third kappa shape index (κ3) is 3.47. The Labute approximate surface area is 136 Å². The molecule has 1 aliphatic heterocycles. The molecular weight excluding hydrogens is 294 g/mol. The maximum atomic E-state index is 5.40. The molecular formula is C17H23N3OS. The van der Waals surface area contributed by atoms with E-state index in [4.69, 9.17) is 4.74 Å². The van der Waals surface area contributed by atoms with E-state index in [9.17, 15) is 0 Å². The Morgan fingerprint density at radius 1 is 1.41 bits per heavy atom. The number of rotatable bonds is 5. The van der Waals surface area contributed by atoms with E-state index in [0.717, 1.165) is 18.7 Å². The van der Waals surface area contributed by atoms with E-state index in [1.165, 1.54) is 34.7 Å². The number of aryl methyl sites for hydroxylation is 1. The second kappa shape index (κ2) is 7.20. The summed E-state index contributed by atoms with van der Waals surface area (Å²) in [7, 11) is 3.73. The van der Waals surface area contributed by atoms with Gasteiger partial charge in [0, 0.05) is 42.8 Å². The van der Waals surface area contributed by atoms with Gasteiger partial charge in [-0.05, 0) is 48.4 Å². The lowest BCUT2D eigenvalue weighted by molar-refractivity contribution is 0.411. The van der Waals surface area contributed by atoms with Crippen molar-refractivity contribution >= 4 is 11.8 Å². The Bertz CT molecular complexity index is 626. The molecule has 1 unspecified atom stereocenters. The zero-order valence-corrected chi connectivity index (χ0v) is 14.0. The van der Waals surface area contributed by atoms with Crippen LogP contribution >= 0.6 is 11.8 Å². The second-order valence-electron chi connectivity index (χ2n) is 5.60. The molecule has 0 fully saturated rings. The van der Waals surface area contributed by atoms with E-state index in [0.29, 0.717) is 6.04 Å². The zero-order chi connectivity index (χ0) is 15.4. The monoisotopic (exact) mass is 317 g/mol. The lowest BCUT2D eigenvalue weighted by Crippen LogP contribution is -2.24. The van der Waals surface area contributed by atoms with Crippen LogP contribution in [0.4, 0.5) is 0 Å². The topological polar surface area (TPSA) is 39.1 Å². The molecule has 2 heterocycles. The Morgan fingerprint density at radius 2 is 2.32 bits per heavy atom. The van der Waals surface area contributed by atoms with Crippen molar-refractivity contribution in [3.8, 4) is 5.75 Å². The predicted molar refractivity (Wildman–Crippen MR) is 90.6 cm³/mol. The lowest BCUT2D eigenvalue weighted by atomic mass is 10.0. The fourth-order valence-corrected chi connectivity index (χ4v) is 3.98. The van der Waals surface area contributed by atoms with Gasteiger partial charge in [-0.2, -0.15) is 5.10 Å². The molecule has 2 aromatic rings. The SMILES string of the molecule is COc1ccc2c(c1)C(NCCc1ccnn1C)CCCS2. The quantitative estimate of drug-likeness (QED) is 0.919. The highest BCUT2D eigenvalue weighted by Gasteiger charge is 2.19. The fourth-order valence-electron chi connectivity index (χ4n) is 2.92. The summed E-state index contributed by atoms with van der Waals surface area (Å²) in [5.41, 5.74) is 2.65. The number of hydrogen-bond donors (Lipinski definition) is 1. The molecule has 4 nitrogen and oxygen atoms in total. The summed E-state index contributed by atoms with van der Waals surface area (Å²) in [5, 5.41) is 7.95. The maximum absolute atomic E-state index is 5.40. The van der Waals surface area contributed by atoms with Crippen molar-refractivity contribution < 1.29 is 4.74 Å². The van der Waals surface area contributed by atoms with E-state index in [2.05, 4.69) is 34.7 Å². The van der Waals surface area contributed by atoms with Crippen molar-refractivity contribution in [1.29, 1.82) is 0 Å². The third-order valence-corrected chi connectivity index (χ3v) is 5.36. The standard InChI is InChI=1S/C17H23N3OS/c1-20-13(8-10-19-20)7-9-18-16-4-3-11-22-17-6-5-14(21-2)12-15(16)17/h5-6,8,10,12,16,18H,3-4,7,9,11H2,1-2H3. The van der Waals surface area contributed by atoms with Crippen LogP contribution in [-0.4, -0.2) is 29.2 Å². The van der Waals surface area contributed by atoms with E-state index in [-0.39, 0.29) is 0 Å². The molecule has 118 valence electrons. The average molecular weight is 317 g/mol. The summed E-state index contributed by atoms with van der Waals surface area (Å²) in [6, 6.07) is 8.94. The van der Waals surface area contributed by atoms with Gasteiger partial charge in [0.1, 0.15) is 5.75 Å². The summed E-state index contributed by atoms with van der Waals surface area (Å²) >= 11 is 1.96. The minimum atomic E-state index is 0.410. The molecule has 1 aromatic carbocycles. The van der Waals surface area contributed by atoms with Crippen molar-refractivity contribution in [3.63, 3.8) is 0 Å². The number of methoxy groups -OCH3 is 1. The van der Waals surface area contributed by atoms with Crippen LogP contribution in [0.3, 0.4) is 0 Å². The number of ether oxygens (including phenoxy) is 1. The van der Waals surface area contributed by atoms with Gasteiger partial charge in [-0.25, -0.2) is 0 Å². The molecule has 22 heavy (non-hydrogen) atoms. The summed E-state index contributed by atoms with van der Waals surface area (Å²) in [5.74, 6) is 2.14. The Morgan fingerprint density at radius 3 is 3.09 bits per heavy atom. The number of nitrogens with one attached hydrogen (secondary N) is 1. The van der Waals surface area contributed by atoms with Gasteiger partial charge < -0.3 is 10.1 Å². The molecule has 1 aliphatic rings. The fraction of sp³-hybridized carbons (Fsp3) is 0.471. The van der Waals surface area contributed by atoms with E-state index in [1.54, 1.807) is 7.11 Å². The summed E-state index contributed by atoms with van der Waals surface area (Å²) in [6.45, 7) is 0.964. The molecule has 0 bridgehead atoms. The molecule has 0 amide bonds. The first-order valence-electron chi connectivity index (χ1n) is 7.79. The van der Waals surface area contributed by atoms with Gasteiger partial charge in [0.05, 0.1) is 7.11 Å². The molecule has 0 saturated heterocycles. The van der Waals surface area contributed by atoms with Gasteiger partial charge >= 0.3 is 0 Å². The van der Waals surface area contributed by atoms with Gasteiger partial charge in [-0.1, -0.05) is 0 Å². The molecule has 0 spiro atoms. The molecule has 0 saturated carbocycles. The van der Waals surface area contributed by atoms with Gasteiger partial charge in [0.25, 0.3) is 0 Å². The van der Waals surface area contributed by atoms with Crippen LogP contribution in [-0.2, 0) is 13.5 Å². The predicted octanol–water partition coefficient (Wildman–Crippen LogP) is 3.19. The van der Waals surface area contributed by atoms with Crippen LogP contribution in [0.15, 0.2) is 35.4 Å². The minimum absolute atomic E-state index is 0.410. The number of nitrogens with zero attached hydrogens (tertiary/aromatic N) is 2.